The number of aryl methyl sites for hydroxylation is 1. The summed E-state index contributed by atoms with van der Waals surface area (Å²) in [6.45, 7) is 3.32. The number of esters is 1. The Kier molecular flexibility index (Phi) is 6.98. The number of nitrogens with one attached hydrogen (secondary N) is 1. The van der Waals surface area contributed by atoms with E-state index in [1.165, 1.54) is 6.07 Å². The lowest BCUT2D eigenvalue weighted by atomic mass is 10.1. The predicted octanol–water partition coefficient (Wildman–Crippen LogP) is 2.68. The summed E-state index contributed by atoms with van der Waals surface area (Å²) in [4.78, 5) is 18.4. The van der Waals surface area contributed by atoms with Gasteiger partial charge in [-0.1, -0.05) is 6.07 Å². The third-order valence-corrected chi connectivity index (χ3v) is 5.95. The molecular weight excluding hydrogens is 457 g/mol. The van der Waals surface area contributed by atoms with Crippen LogP contribution in [-0.2, 0) is 19.0 Å². The molecular formula is C24H26FN5O5. The van der Waals surface area contributed by atoms with Crippen molar-refractivity contribution in [2.24, 2.45) is 0 Å². The Bertz CT molecular complexity index is 1170. The summed E-state index contributed by atoms with van der Waals surface area (Å²) >= 11 is 0. The van der Waals surface area contributed by atoms with Gasteiger partial charge in [-0.15, -0.1) is 10.2 Å². The van der Waals surface area contributed by atoms with Crippen molar-refractivity contribution in [2.75, 3.05) is 38.1 Å². The number of carbonyl (C=O) groups excluding carboxylic acids is 1. The summed E-state index contributed by atoms with van der Waals surface area (Å²) in [5.41, 5.74) is 2.19. The van der Waals surface area contributed by atoms with Gasteiger partial charge in [0.1, 0.15) is 43.8 Å². The lowest BCUT2D eigenvalue weighted by molar-refractivity contribution is -0.152. The molecule has 0 aliphatic carbocycles. The Labute approximate surface area is 201 Å². The summed E-state index contributed by atoms with van der Waals surface area (Å²) in [5.74, 6) is 0.0906. The maximum Gasteiger partial charge on any atom is 0.323 e. The molecule has 0 amide bonds. The molecule has 1 N–H and O–H groups in total. The number of hydrogen-bond donors (Lipinski definition) is 1. The molecule has 35 heavy (non-hydrogen) atoms. The molecule has 5 rings (SSSR count). The minimum Gasteiger partial charge on any atom is -0.462 e. The number of halogens is 1. The van der Waals surface area contributed by atoms with E-state index in [4.69, 9.17) is 18.6 Å². The third kappa shape index (κ3) is 5.47. The molecule has 10 nitrogen and oxygen atoms in total. The van der Waals surface area contributed by atoms with Gasteiger partial charge >= 0.3 is 5.97 Å². The minimum absolute atomic E-state index is 0.0680. The van der Waals surface area contributed by atoms with E-state index >= 15 is 4.39 Å². The Morgan fingerprint density at radius 2 is 2.20 bits per heavy atom. The lowest BCUT2D eigenvalue weighted by Gasteiger charge is -2.25. The average molecular weight is 484 g/mol. The van der Waals surface area contributed by atoms with Crippen molar-refractivity contribution in [2.45, 2.75) is 31.9 Å². The molecule has 184 valence electrons. The van der Waals surface area contributed by atoms with Crippen molar-refractivity contribution < 1.29 is 27.8 Å². The van der Waals surface area contributed by atoms with E-state index in [0.29, 0.717) is 40.8 Å². The maximum atomic E-state index is 15.1. The van der Waals surface area contributed by atoms with Gasteiger partial charge in [0.25, 0.3) is 5.89 Å². The van der Waals surface area contributed by atoms with Gasteiger partial charge in [0, 0.05) is 36.5 Å². The Balaban J connectivity index is 1.25. The molecule has 0 radical (unpaired) electrons. The molecule has 3 aromatic rings. The number of aromatic nitrogens is 3. The summed E-state index contributed by atoms with van der Waals surface area (Å²) in [6.07, 6.45) is 2.91. The van der Waals surface area contributed by atoms with Crippen LogP contribution in [0.25, 0.3) is 22.7 Å². The van der Waals surface area contributed by atoms with Crippen molar-refractivity contribution in [3.63, 3.8) is 0 Å². The van der Waals surface area contributed by atoms with Gasteiger partial charge in [-0.05, 0) is 43.7 Å². The quantitative estimate of drug-likeness (QED) is 0.525. The smallest absolute Gasteiger partial charge is 0.323 e. The maximum absolute atomic E-state index is 15.1. The van der Waals surface area contributed by atoms with Crippen molar-refractivity contribution in [1.82, 2.24) is 20.5 Å². The van der Waals surface area contributed by atoms with Crippen LogP contribution >= 0.6 is 0 Å². The summed E-state index contributed by atoms with van der Waals surface area (Å²) in [7, 11) is 0. The van der Waals surface area contributed by atoms with Crippen molar-refractivity contribution in [3.8, 4) is 22.7 Å². The fourth-order valence-electron chi connectivity index (χ4n) is 4.10. The van der Waals surface area contributed by atoms with Gasteiger partial charge in [0.2, 0.25) is 5.89 Å². The molecule has 2 aliphatic rings. The molecule has 2 aromatic heterocycles. The van der Waals surface area contributed by atoms with E-state index in [-0.39, 0.29) is 32.1 Å². The van der Waals surface area contributed by atoms with Gasteiger partial charge in [0.05, 0.1) is 0 Å². The lowest BCUT2D eigenvalue weighted by Crippen LogP contribution is -2.38. The highest BCUT2D eigenvalue weighted by Gasteiger charge is 2.26. The molecule has 2 atom stereocenters. The number of benzene rings is 1. The first kappa shape index (κ1) is 23.3. The molecule has 4 heterocycles. The molecule has 1 aromatic carbocycles. The molecule has 2 fully saturated rings. The van der Waals surface area contributed by atoms with E-state index in [0.717, 1.165) is 19.4 Å². The van der Waals surface area contributed by atoms with Crippen LogP contribution in [0.15, 0.2) is 40.9 Å². The fourth-order valence-corrected chi connectivity index (χ4v) is 4.10. The van der Waals surface area contributed by atoms with Crippen molar-refractivity contribution in [1.29, 1.82) is 0 Å². The largest absolute Gasteiger partial charge is 0.462 e. The van der Waals surface area contributed by atoms with E-state index in [9.17, 15) is 4.79 Å². The molecule has 0 unspecified atom stereocenters. The SMILES string of the molecule is Cc1nnc(-c2ccc(-c3ccc(N4COCO[C@@H](COC(=O)[C@@H]5CCCN5)C4)cc3F)cn2)o1. The number of hydrogen-bond acceptors (Lipinski definition) is 10. The highest BCUT2D eigenvalue weighted by Crippen LogP contribution is 2.28. The molecule has 2 aliphatic heterocycles. The number of carbonyl (C=O) groups is 1. The highest BCUT2D eigenvalue weighted by molar-refractivity contribution is 5.76. The third-order valence-electron chi connectivity index (χ3n) is 5.95. The van der Waals surface area contributed by atoms with Crippen LogP contribution in [0.1, 0.15) is 18.7 Å². The van der Waals surface area contributed by atoms with Gasteiger partial charge in [-0.25, -0.2) is 4.39 Å². The van der Waals surface area contributed by atoms with Gasteiger partial charge in [0.15, 0.2) is 0 Å². The Hall–Kier alpha value is -3.41. The first-order valence-electron chi connectivity index (χ1n) is 11.5. The van der Waals surface area contributed by atoms with Gasteiger partial charge in [-0.2, -0.15) is 0 Å². The number of rotatable bonds is 6. The number of anilines is 1. The van der Waals surface area contributed by atoms with Crippen LogP contribution in [0.4, 0.5) is 10.1 Å². The van der Waals surface area contributed by atoms with Gasteiger partial charge in [-0.3, -0.25) is 9.78 Å². The molecule has 11 heteroatoms. The van der Waals surface area contributed by atoms with E-state index < -0.39 is 11.9 Å². The second-order valence-electron chi connectivity index (χ2n) is 8.46. The predicted molar refractivity (Wildman–Crippen MR) is 123 cm³/mol. The Morgan fingerprint density at radius 3 is 2.91 bits per heavy atom. The topological polar surface area (TPSA) is 112 Å². The first-order valence-corrected chi connectivity index (χ1v) is 11.5. The summed E-state index contributed by atoms with van der Waals surface area (Å²) < 4.78 is 37.1. The molecule has 0 spiro atoms. The monoisotopic (exact) mass is 483 g/mol. The highest BCUT2D eigenvalue weighted by atomic mass is 19.1. The van der Waals surface area contributed by atoms with Gasteiger partial charge < -0.3 is 28.8 Å². The number of pyridine rings is 1. The zero-order chi connectivity index (χ0) is 24.2. The zero-order valence-corrected chi connectivity index (χ0v) is 19.3. The molecule has 2 saturated heterocycles. The standard InChI is InChI=1S/C24H26FN5O5/c1-15-28-29-23(35-15)21-7-4-16(10-27-21)19-6-5-17(9-20(19)25)30-11-18(34-14-32-13-30)12-33-24(31)22-3-2-8-26-22/h4-7,9-10,18,22,26H,2-3,8,11-14H2,1H3/t18-,22+/m1/s1. The van der Waals surface area contributed by atoms with Crippen LogP contribution in [0.2, 0.25) is 0 Å². The Morgan fingerprint density at radius 1 is 1.29 bits per heavy atom. The van der Waals surface area contributed by atoms with E-state index in [2.05, 4.69) is 20.5 Å². The van der Waals surface area contributed by atoms with Crippen LogP contribution < -0.4 is 10.2 Å². The van der Waals surface area contributed by atoms with Crippen LogP contribution in [0.3, 0.4) is 0 Å². The summed E-state index contributed by atoms with van der Waals surface area (Å²) in [5, 5.41) is 10.9. The van der Waals surface area contributed by atoms with Crippen molar-refractivity contribution in [3.05, 3.63) is 48.2 Å². The van der Waals surface area contributed by atoms with E-state index in [1.54, 1.807) is 31.3 Å². The fraction of sp³-hybridized carbons (Fsp3) is 0.417. The average Bonchev–Trinajstić information content (AvgIpc) is 3.50. The summed E-state index contributed by atoms with van der Waals surface area (Å²) in [6, 6.07) is 8.17. The normalized spacial score (nSPS) is 20.6. The zero-order valence-electron chi connectivity index (χ0n) is 19.3. The van der Waals surface area contributed by atoms with Crippen LogP contribution in [0, 0.1) is 12.7 Å². The van der Waals surface area contributed by atoms with Crippen LogP contribution in [0.5, 0.6) is 0 Å². The van der Waals surface area contributed by atoms with E-state index in [1.807, 2.05) is 11.0 Å². The van der Waals surface area contributed by atoms with Crippen LogP contribution in [-0.4, -0.2) is 66.5 Å². The minimum atomic E-state index is -0.397. The number of nitrogens with zero attached hydrogens (tertiary/aromatic N) is 4. The second kappa shape index (κ2) is 10.5. The second-order valence-corrected chi connectivity index (χ2v) is 8.46. The number of ether oxygens (including phenoxy) is 3. The first-order chi connectivity index (χ1) is 17.1. The molecule has 0 saturated carbocycles. The molecule has 0 bridgehead atoms. The van der Waals surface area contributed by atoms with Crippen molar-refractivity contribution >= 4 is 11.7 Å².